The van der Waals surface area contributed by atoms with Crippen LogP contribution in [0.3, 0.4) is 0 Å². The zero-order valence-electron chi connectivity index (χ0n) is 12.1. The van der Waals surface area contributed by atoms with Crippen LogP contribution in [0.1, 0.15) is 28.8 Å². The highest BCUT2D eigenvalue weighted by atomic mass is 79.9. The van der Waals surface area contributed by atoms with Crippen molar-refractivity contribution in [3.05, 3.63) is 69.9 Å². The summed E-state index contributed by atoms with van der Waals surface area (Å²) in [6, 6.07) is 14.8. The fraction of sp³-hybridized carbons (Fsp3) is 0.278. The van der Waals surface area contributed by atoms with E-state index in [9.17, 15) is 9.18 Å². The van der Waals surface area contributed by atoms with Gasteiger partial charge < -0.3 is 4.90 Å². The summed E-state index contributed by atoms with van der Waals surface area (Å²) in [6.07, 6.45) is 2.76. The highest BCUT2D eigenvalue weighted by Gasteiger charge is 2.30. The summed E-state index contributed by atoms with van der Waals surface area (Å²) in [4.78, 5) is 14.5. The minimum absolute atomic E-state index is 0.147. The van der Waals surface area contributed by atoms with E-state index >= 15 is 0 Å². The molecule has 0 bridgehead atoms. The minimum atomic E-state index is -0.460. The van der Waals surface area contributed by atoms with Gasteiger partial charge in [-0.05, 0) is 43.0 Å². The number of benzene rings is 2. The van der Waals surface area contributed by atoms with Crippen molar-refractivity contribution in [3.63, 3.8) is 0 Å². The number of amides is 1. The van der Waals surface area contributed by atoms with Crippen LogP contribution >= 0.6 is 15.9 Å². The van der Waals surface area contributed by atoms with Crippen molar-refractivity contribution in [1.29, 1.82) is 0 Å². The lowest BCUT2D eigenvalue weighted by Crippen LogP contribution is -2.37. The van der Waals surface area contributed by atoms with E-state index in [0.717, 1.165) is 23.7 Å². The molecule has 0 aromatic heterocycles. The molecule has 2 nitrogen and oxygen atoms in total. The molecule has 1 aliphatic heterocycles. The number of hydrogen-bond acceptors (Lipinski definition) is 1. The Labute approximate surface area is 138 Å². The molecule has 114 valence electrons. The first-order valence-electron chi connectivity index (χ1n) is 7.45. The SMILES string of the molecule is O=C(c1cc(Br)ccc1F)N1CCCC1Cc1ccccc1. The Morgan fingerprint density at radius 1 is 1.23 bits per heavy atom. The fourth-order valence-corrected chi connectivity index (χ4v) is 3.38. The Morgan fingerprint density at radius 2 is 2.00 bits per heavy atom. The molecule has 1 unspecified atom stereocenters. The first-order valence-corrected chi connectivity index (χ1v) is 8.24. The van der Waals surface area contributed by atoms with Crippen LogP contribution in [-0.4, -0.2) is 23.4 Å². The molecule has 1 heterocycles. The molecule has 3 rings (SSSR count). The highest BCUT2D eigenvalue weighted by Crippen LogP contribution is 2.25. The van der Waals surface area contributed by atoms with Gasteiger partial charge in [-0.25, -0.2) is 4.39 Å². The van der Waals surface area contributed by atoms with Crippen molar-refractivity contribution in [2.75, 3.05) is 6.54 Å². The maximum absolute atomic E-state index is 14.0. The van der Waals surface area contributed by atoms with Gasteiger partial charge in [0.15, 0.2) is 0 Å². The number of carbonyl (C=O) groups excluding carboxylic acids is 1. The maximum atomic E-state index is 14.0. The molecule has 0 saturated carbocycles. The van der Waals surface area contributed by atoms with Crippen LogP contribution in [0.25, 0.3) is 0 Å². The Hall–Kier alpha value is -1.68. The topological polar surface area (TPSA) is 20.3 Å². The maximum Gasteiger partial charge on any atom is 0.257 e. The Morgan fingerprint density at radius 3 is 2.77 bits per heavy atom. The molecule has 1 aliphatic rings. The molecule has 22 heavy (non-hydrogen) atoms. The van der Waals surface area contributed by atoms with E-state index in [1.807, 2.05) is 23.1 Å². The molecule has 4 heteroatoms. The molecule has 1 saturated heterocycles. The van der Waals surface area contributed by atoms with Crippen molar-refractivity contribution >= 4 is 21.8 Å². The van der Waals surface area contributed by atoms with Gasteiger partial charge >= 0.3 is 0 Å². The monoisotopic (exact) mass is 361 g/mol. The van der Waals surface area contributed by atoms with Crippen LogP contribution in [0, 0.1) is 5.82 Å². The third kappa shape index (κ3) is 3.22. The van der Waals surface area contributed by atoms with Crippen LogP contribution in [0.2, 0.25) is 0 Å². The summed E-state index contributed by atoms with van der Waals surface area (Å²) in [5.41, 5.74) is 1.36. The second kappa shape index (κ2) is 6.61. The van der Waals surface area contributed by atoms with E-state index in [4.69, 9.17) is 0 Å². The van der Waals surface area contributed by atoms with Gasteiger partial charge in [-0.2, -0.15) is 0 Å². The summed E-state index contributed by atoms with van der Waals surface area (Å²) < 4.78 is 14.7. The predicted octanol–water partition coefficient (Wildman–Crippen LogP) is 4.44. The average Bonchev–Trinajstić information content (AvgIpc) is 2.98. The predicted molar refractivity (Wildman–Crippen MR) is 88.3 cm³/mol. The normalized spacial score (nSPS) is 17.7. The van der Waals surface area contributed by atoms with Crippen molar-refractivity contribution in [3.8, 4) is 0 Å². The van der Waals surface area contributed by atoms with Crippen molar-refractivity contribution < 1.29 is 9.18 Å². The van der Waals surface area contributed by atoms with Crippen LogP contribution in [0.15, 0.2) is 53.0 Å². The largest absolute Gasteiger partial charge is 0.335 e. The number of likely N-dealkylation sites (tertiary alicyclic amines) is 1. The summed E-state index contributed by atoms with van der Waals surface area (Å²) in [5, 5.41) is 0. The lowest BCUT2D eigenvalue weighted by atomic mass is 10.0. The smallest absolute Gasteiger partial charge is 0.257 e. The van der Waals surface area contributed by atoms with E-state index in [1.165, 1.54) is 11.6 Å². The quantitative estimate of drug-likeness (QED) is 0.791. The number of nitrogens with zero attached hydrogens (tertiary/aromatic N) is 1. The third-order valence-electron chi connectivity index (χ3n) is 4.11. The van der Waals surface area contributed by atoms with E-state index in [2.05, 4.69) is 28.1 Å². The van der Waals surface area contributed by atoms with Crippen molar-refractivity contribution in [2.24, 2.45) is 0 Å². The summed E-state index contributed by atoms with van der Waals surface area (Å²) in [7, 11) is 0. The van der Waals surface area contributed by atoms with Crippen LogP contribution in [0.4, 0.5) is 4.39 Å². The Bertz CT molecular complexity index is 674. The van der Waals surface area contributed by atoms with E-state index in [0.29, 0.717) is 6.54 Å². The Kier molecular flexibility index (Phi) is 4.57. The summed E-state index contributed by atoms with van der Waals surface area (Å²) in [5.74, 6) is -0.671. The molecule has 1 amide bonds. The third-order valence-corrected chi connectivity index (χ3v) is 4.60. The van der Waals surface area contributed by atoms with Gasteiger partial charge in [-0.3, -0.25) is 4.79 Å². The molecule has 1 fully saturated rings. The zero-order valence-corrected chi connectivity index (χ0v) is 13.7. The van der Waals surface area contributed by atoms with E-state index in [-0.39, 0.29) is 17.5 Å². The molecule has 0 spiro atoms. The van der Waals surface area contributed by atoms with Crippen LogP contribution in [-0.2, 0) is 6.42 Å². The van der Waals surface area contributed by atoms with Gasteiger partial charge in [0.05, 0.1) is 5.56 Å². The van der Waals surface area contributed by atoms with Gasteiger partial charge in [0, 0.05) is 17.1 Å². The highest BCUT2D eigenvalue weighted by molar-refractivity contribution is 9.10. The molecule has 0 radical (unpaired) electrons. The van der Waals surface area contributed by atoms with E-state index < -0.39 is 5.82 Å². The number of rotatable bonds is 3. The van der Waals surface area contributed by atoms with Gasteiger partial charge in [0.1, 0.15) is 5.82 Å². The summed E-state index contributed by atoms with van der Waals surface area (Å²) in [6.45, 7) is 0.697. The molecular weight excluding hydrogens is 345 g/mol. The molecular formula is C18H17BrFNO. The van der Waals surface area contributed by atoms with Crippen LogP contribution < -0.4 is 0 Å². The molecule has 1 atom stereocenters. The molecule has 2 aromatic carbocycles. The van der Waals surface area contributed by atoms with Gasteiger partial charge in [0.2, 0.25) is 0 Å². The standard InChI is InChI=1S/C18H17BrFNO/c19-14-8-9-17(20)16(12-14)18(22)21-10-4-7-15(21)11-13-5-2-1-3-6-13/h1-3,5-6,8-9,12,15H,4,7,10-11H2. The van der Waals surface area contributed by atoms with E-state index in [1.54, 1.807) is 12.1 Å². The second-order valence-electron chi connectivity index (χ2n) is 5.61. The number of halogens is 2. The van der Waals surface area contributed by atoms with Crippen molar-refractivity contribution in [1.82, 2.24) is 4.90 Å². The van der Waals surface area contributed by atoms with Gasteiger partial charge in [0.25, 0.3) is 5.91 Å². The van der Waals surface area contributed by atoms with Crippen LogP contribution in [0.5, 0.6) is 0 Å². The van der Waals surface area contributed by atoms with Gasteiger partial charge in [-0.15, -0.1) is 0 Å². The lowest BCUT2D eigenvalue weighted by molar-refractivity contribution is 0.0731. The zero-order chi connectivity index (χ0) is 15.5. The molecule has 0 aliphatic carbocycles. The average molecular weight is 362 g/mol. The Balaban J connectivity index is 1.80. The lowest BCUT2D eigenvalue weighted by Gasteiger charge is -2.25. The second-order valence-corrected chi connectivity index (χ2v) is 6.52. The number of hydrogen-bond donors (Lipinski definition) is 0. The molecule has 2 aromatic rings. The number of carbonyl (C=O) groups is 1. The van der Waals surface area contributed by atoms with Crippen molar-refractivity contribution in [2.45, 2.75) is 25.3 Å². The first-order chi connectivity index (χ1) is 10.6. The van der Waals surface area contributed by atoms with Gasteiger partial charge in [-0.1, -0.05) is 46.3 Å². The summed E-state index contributed by atoms with van der Waals surface area (Å²) >= 11 is 3.30. The molecule has 0 N–H and O–H groups in total. The fourth-order valence-electron chi connectivity index (χ4n) is 3.02. The minimum Gasteiger partial charge on any atom is -0.335 e. The first kappa shape index (κ1) is 15.2.